The van der Waals surface area contributed by atoms with Crippen LogP contribution in [-0.2, 0) is 152 Å². The van der Waals surface area contributed by atoms with Crippen LogP contribution < -0.4 is 0 Å². The summed E-state index contributed by atoms with van der Waals surface area (Å²) in [6.07, 6.45) is 3.93. The molecule has 0 aromatic heterocycles. The Morgan fingerprint density at radius 2 is 0.307 bits per heavy atom. The Bertz CT molecular complexity index is 2960. The third kappa shape index (κ3) is 50.1. The molecule has 0 saturated carbocycles. The zero-order valence-electron chi connectivity index (χ0n) is 84.7. The van der Waals surface area contributed by atoms with Gasteiger partial charge in [0.25, 0.3) is 0 Å². The molecule has 802 valence electrons. The standard InChI is InChI=1S/C98H168N10O32/c1-5-95(75-133-87(113)17-31-101-39-55-121-56-40-101,76-134-88(114)18-32-102-41-57-122-58-42-102)71-129-83(109)13-27-99(28-14-84(110)130-72-96(6-2,77-135-89(115)19-33-103-43-59-123-60-44-103)78-136-90(116)20-34-104-45-61-124-62-46-104)25-11-9-10-12-26-100(29-15-85(111)131-73-97(7-3,79-137-91(117)21-35-105-47-63-125-64-48-105)80-138-92(118)22-36-106-49-65-126-66-50-106)30-16-86(112)132-74-98(8-4,81-139-93(119)23-37-107-51-67-127-68-52-107)82-140-94(120)24-38-108-53-69-128-70-54-108/h5-82H2,1-4H3. The zero-order valence-corrected chi connectivity index (χ0v) is 84.7. The summed E-state index contributed by atoms with van der Waals surface area (Å²) in [7, 11) is 0. The Morgan fingerprint density at radius 3 is 0.429 bits per heavy atom. The topological polar surface area (TPSA) is 422 Å². The Kier molecular flexibility index (Phi) is 58.3. The quantitative estimate of drug-likeness (QED) is 0.0480. The van der Waals surface area contributed by atoms with Gasteiger partial charge in [-0.25, -0.2) is 0 Å². The maximum atomic E-state index is 14.3. The minimum atomic E-state index is -1.11. The van der Waals surface area contributed by atoms with Crippen molar-refractivity contribution < 1.29 is 152 Å². The molecule has 0 amide bonds. The van der Waals surface area contributed by atoms with E-state index < -0.39 is 93.3 Å². The zero-order chi connectivity index (χ0) is 100.0. The van der Waals surface area contributed by atoms with E-state index in [1.165, 1.54) is 0 Å². The fourth-order valence-corrected chi connectivity index (χ4v) is 16.7. The van der Waals surface area contributed by atoms with Crippen molar-refractivity contribution in [1.82, 2.24) is 49.0 Å². The first-order valence-corrected chi connectivity index (χ1v) is 51.7. The smallest absolute Gasteiger partial charge is 0.307 e. The van der Waals surface area contributed by atoms with Gasteiger partial charge in [0, 0.05) is 183 Å². The van der Waals surface area contributed by atoms with Gasteiger partial charge in [-0.3, -0.25) is 96.7 Å². The van der Waals surface area contributed by atoms with Gasteiger partial charge >= 0.3 is 71.6 Å². The van der Waals surface area contributed by atoms with Crippen molar-refractivity contribution in [3.63, 3.8) is 0 Å². The van der Waals surface area contributed by atoms with Gasteiger partial charge in [0.1, 0.15) is 79.3 Å². The third-order valence-electron chi connectivity index (χ3n) is 27.6. The molecule has 42 nitrogen and oxygen atoms in total. The predicted octanol–water partition coefficient (Wildman–Crippen LogP) is 2.59. The van der Waals surface area contributed by atoms with Crippen molar-refractivity contribution in [3.8, 4) is 0 Å². The number of rotatable bonds is 71. The van der Waals surface area contributed by atoms with Crippen LogP contribution >= 0.6 is 0 Å². The monoisotopic (exact) mass is 2000 g/mol. The van der Waals surface area contributed by atoms with E-state index in [-0.39, 0.29) is 183 Å². The molecule has 8 heterocycles. The highest BCUT2D eigenvalue weighted by Gasteiger charge is 2.40. The van der Waals surface area contributed by atoms with Crippen LogP contribution in [0.1, 0.15) is 156 Å². The summed E-state index contributed by atoms with van der Waals surface area (Å²) in [6.45, 7) is 29.7. The summed E-state index contributed by atoms with van der Waals surface area (Å²) < 4.78 is 116. The molecule has 0 spiro atoms. The van der Waals surface area contributed by atoms with Crippen LogP contribution in [0, 0.1) is 21.7 Å². The lowest BCUT2D eigenvalue weighted by Gasteiger charge is -2.32. The van der Waals surface area contributed by atoms with E-state index in [0.29, 0.717) is 327 Å². The Labute approximate surface area is 828 Å². The summed E-state index contributed by atoms with van der Waals surface area (Å²) in [5.74, 6) is -6.04. The summed E-state index contributed by atoms with van der Waals surface area (Å²) in [6, 6.07) is 0. The molecule has 0 unspecified atom stereocenters. The molecule has 8 rings (SSSR count). The van der Waals surface area contributed by atoms with Crippen LogP contribution in [0.3, 0.4) is 0 Å². The minimum Gasteiger partial charge on any atom is -0.465 e. The molecule has 0 N–H and O–H groups in total. The van der Waals surface area contributed by atoms with Gasteiger partial charge in [0.2, 0.25) is 0 Å². The second-order valence-electron chi connectivity index (χ2n) is 38.1. The van der Waals surface area contributed by atoms with Crippen LogP contribution in [0.4, 0.5) is 0 Å². The lowest BCUT2D eigenvalue weighted by atomic mass is 9.88. The van der Waals surface area contributed by atoms with Gasteiger partial charge in [-0.1, -0.05) is 40.5 Å². The number of morpholine rings is 8. The summed E-state index contributed by atoms with van der Waals surface area (Å²) >= 11 is 0. The van der Waals surface area contributed by atoms with Crippen LogP contribution in [0.25, 0.3) is 0 Å². The van der Waals surface area contributed by atoms with Gasteiger partial charge in [-0.05, 0) is 51.6 Å². The number of ether oxygens (including phenoxy) is 20. The SMILES string of the molecule is CCC(COC(=O)CCN1CCOCC1)(COC(=O)CCN1CCOCC1)COC(=O)CCN(CCCCCCN(CCC(=O)OCC(CC)(COC(=O)CCN1CCOCC1)COC(=O)CCN1CCOCC1)CCC(=O)OCC(CC)(COC(=O)CCN1CCOCC1)COC(=O)CCN1CCOCC1)CCC(=O)OCC(CC)(COC(=O)CCN1CCOCC1)COC(=O)CCN1CCOCC1. The van der Waals surface area contributed by atoms with Crippen LogP contribution in [0.15, 0.2) is 0 Å². The second-order valence-corrected chi connectivity index (χ2v) is 38.1. The maximum absolute atomic E-state index is 14.3. The molecule has 8 fully saturated rings. The summed E-state index contributed by atoms with van der Waals surface area (Å²) in [4.78, 5) is 185. The minimum absolute atomic E-state index is 0.109. The first-order valence-electron chi connectivity index (χ1n) is 51.7. The molecule has 0 radical (unpaired) electrons. The van der Waals surface area contributed by atoms with E-state index in [1.807, 2.05) is 37.5 Å². The molecule has 0 aromatic carbocycles. The summed E-state index contributed by atoms with van der Waals surface area (Å²) in [5, 5.41) is 0. The highest BCUT2D eigenvalue weighted by atomic mass is 16.6. The maximum Gasteiger partial charge on any atom is 0.307 e. The van der Waals surface area contributed by atoms with Gasteiger partial charge in [0.05, 0.1) is 204 Å². The molecule has 0 aromatic rings. The Hall–Kier alpha value is -7.08. The van der Waals surface area contributed by atoms with Crippen molar-refractivity contribution in [2.45, 2.75) is 156 Å². The predicted molar refractivity (Wildman–Crippen MR) is 507 cm³/mol. The van der Waals surface area contributed by atoms with Crippen molar-refractivity contribution >= 4 is 71.6 Å². The fraction of sp³-hybridized carbons (Fsp3) is 0.878. The second kappa shape index (κ2) is 69.1. The largest absolute Gasteiger partial charge is 0.465 e. The average Bonchev–Trinajstić information content (AvgIpc) is 0.867. The highest BCUT2D eigenvalue weighted by molar-refractivity contribution is 5.74. The van der Waals surface area contributed by atoms with E-state index in [1.54, 1.807) is 0 Å². The lowest BCUT2D eigenvalue weighted by Crippen LogP contribution is -2.41. The first kappa shape index (κ1) is 118. The van der Waals surface area contributed by atoms with Gasteiger partial charge in [0.15, 0.2) is 0 Å². The van der Waals surface area contributed by atoms with Gasteiger partial charge in [-0.2, -0.15) is 0 Å². The number of carbonyl (C=O) groups excluding carboxylic acids is 12. The van der Waals surface area contributed by atoms with Crippen molar-refractivity contribution in [1.29, 1.82) is 0 Å². The normalized spacial score (nSPS) is 18.1. The van der Waals surface area contributed by atoms with E-state index in [2.05, 4.69) is 39.2 Å². The molecule has 8 aliphatic rings. The highest BCUT2D eigenvalue weighted by Crippen LogP contribution is 2.31. The fourth-order valence-electron chi connectivity index (χ4n) is 16.7. The number of hydrogen-bond acceptors (Lipinski definition) is 42. The van der Waals surface area contributed by atoms with Crippen molar-refractivity contribution in [2.75, 3.05) is 381 Å². The lowest BCUT2D eigenvalue weighted by molar-refractivity contribution is -0.165. The number of esters is 12. The van der Waals surface area contributed by atoms with Crippen LogP contribution in [-0.4, -0.2) is 502 Å². The van der Waals surface area contributed by atoms with E-state index in [4.69, 9.17) is 94.7 Å². The number of nitrogens with zero attached hydrogens (tertiary/aromatic N) is 10. The molecular formula is C98H168N10O32. The molecule has 42 heteroatoms. The summed E-state index contributed by atoms with van der Waals surface area (Å²) in [5.41, 5.74) is -4.44. The Morgan fingerprint density at radius 1 is 0.186 bits per heavy atom. The molecule has 0 bridgehead atoms. The molecule has 140 heavy (non-hydrogen) atoms. The number of hydrogen-bond donors (Lipinski definition) is 0. The number of carbonyl (C=O) groups is 12. The van der Waals surface area contributed by atoms with Gasteiger partial charge in [-0.15, -0.1) is 0 Å². The molecule has 8 aliphatic heterocycles. The molecule has 0 atom stereocenters. The van der Waals surface area contributed by atoms with Gasteiger partial charge < -0.3 is 105 Å². The van der Waals surface area contributed by atoms with E-state index in [0.717, 1.165) is 0 Å². The average molecular weight is 2000 g/mol. The molecule has 8 saturated heterocycles. The number of unbranched alkanes of at least 4 members (excludes halogenated alkanes) is 3. The van der Waals surface area contributed by atoms with E-state index in [9.17, 15) is 57.5 Å². The molecular weight excluding hydrogens is 1830 g/mol. The van der Waals surface area contributed by atoms with Crippen LogP contribution in [0.5, 0.6) is 0 Å². The molecule has 0 aliphatic carbocycles. The first-order chi connectivity index (χ1) is 68.0. The van der Waals surface area contributed by atoms with Crippen molar-refractivity contribution in [3.05, 3.63) is 0 Å². The van der Waals surface area contributed by atoms with E-state index >= 15 is 0 Å². The van der Waals surface area contributed by atoms with Crippen molar-refractivity contribution in [2.24, 2.45) is 21.7 Å². The van der Waals surface area contributed by atoms with Crippen LogP contribution in [0.2, 0.25) is 0 Å². The third-order valence-corrected chi connectivity index (χ3v) is 27.6. The Balaban J connectivity index is 0.962.